The van der Waals surface area contributed by atoms with Gasteiger partial charge in [0.25, 0.3) is 5.91 Å². The number of benzene rings is 1. The molecule has 1 fully saturated rings. The number of para-hydroxylation sites is 2. The molecule has 1 saturated carbocycles. The van der Waals surface area contributed by atoms with Gasteiger partial charge in [-0.05, 0) is 25.0 Å². The number of nitrogens with one attached hydrogen (secondary N) is 1. The summed E-state index contributed by atoms with van der Waals surface area (Å²) in [5.74, 6) is 0.231. The number of hydrogen-bond acceptors (Lipinski definition) is 5. The van der Waals surface area contributed by atoms with Gasteiger partial charge in [-0.25, -0.2) is 4.79 Å². The predicted octanol–water partition coefficient (Wildman–Crippen LogP) is 0.648. The molecule has 0 unspecified atom stereocenters. The molecule has 0 saturated heterocycles. The zero-order valence-electron chi connectivity index (χ0n) is 10.8. The number of ether oxygens (including phenoxy) is 3. The molecule has 1 aliphatic heterocycles. The highest BCUT2D eigenvalue weighted by atomic mass is 16.6. The molecule has 1 aliphatic carbocycles. The van der Waals surface area contributed by atoms with Crippen LogP contribution in [0.1, 0.15) is 12.8 Å². The highest BCUT2D eigenvalue weighted by Gasteiger charge is 2.29. The summed E-state index contributed by atoms with van der Waals surface area (Å²) in [4.78, 5) is 23.2. The molecule has 1 amide bonds. The van der Waals surface area contributed by atoms with Gasteiger partial charge in [-0.15, -0.1) is 0 Å². The van der Waals surface area contributed by atoms with E-state index in [1.54, 1.807) is 18.2 Å². The van der Waals surface area contributed by atoms with Crippen LogP contribution in [0.15, 0.2) is 24.3 Å². The highest BCUT2D eigenvalue weighted by molar-refractivity contribution is 5.82. The molecule has 3 rings (SSSR count). The van der Waals surface area contributed by atoms with Gasteiger partial charge in [-0.1, -0.05) is 12.1 Å². The van der Waals surface area contributed by atoms with Crippen LogP contribution in [-0.2, 0) is 14.3 Å². The van der Waals surface area contributed by atoms with Crippen LogP contribution in [0.5, 0.6) is 11.5 Å². The summed E-state index contributed by atoms with van der Waals surface area (Å²) in [6.45, 7) is -0.197. The summed E-state index contributed by atoms with van der Waals surface area (Å²) in [5, 5.41) is 2.74. The third kappa shape index (κ3) is 3.01. The molecule has 0 bridgehead atoms. The lowest BCUT2D eigenvalue weighted by Gasteiger charge is -2.24. The van der Waals surface area contributed by atoms with Crippen molar-refractivity contribution in [1.82, 2.24) is 5.32 Å². The molecule has 1 N–H and O–H groups in total. The lowest BCUT2D eigenvalue weighted by molar-refractivity contribution is -0.157. The van der Waals surface area contributed by atoms with E-state index in [0.29, 0.717) is 11.5 Å². The first-order valence-corrected chi connectivity index (χ1v) is 6.57. The van der Waals surface area contributed by atoms with Gasteiger partial charge in [-0.2, -0.15) is 0 Å². The van der Waals surface area contributed by atoms with Crippen molar-refractivity contribution in [3.8, 4) is 11.5 Å². The molecule has 1 atom stereocenters. The van der Waals surface area contributed by atoms with Gasteiger partial charge in [0, 0.05) is 6.04 Å². The molecule has 1 heterocycles. The number of esters is 1. The fourth-order valence-electron chi connectivity index (χ4n) is 1.86. The Morgan fingerprint density at radius 3 is 2.75 bits per heavy atom. The van der Waals surface area contributed by atoms with Crippen LogP contribution in [0, 0.1) is 0 Å². The topological polar surface area (TPSA) is 73.9 Å². The SMILES string of the molecule is O=C(COC(=O)[C@H]1COc2ccccc2O1)NC1CC1. The maximum absolute atomic E-state index is 11.8. The van der Waals surface area contributed by atoms with Gasteiger partial charge < -0.3 is 19.5 Å². The average molecular weight is 277 g/mol. The molecular weight excluding hydrogens is 262 g/mol. The third-order valence-electron chi connectivity index (χ3n) is 3.06. The fourth-order valence-corrected chi connectivity index (χ4v) is 1.86. The molecule has 20 heavy (non-hydrogen) atoms. The maximum atomic E-state index is 11.8. The normalized spacial score (nSPS) is 20.1. The first-order valence-electron chi connectivity index (χ1n) is 6.57. The Balaban J connectivity index is 1.49. The van der Waals surface area contributed by atoms with Crippen molar-refractivity contribution in [3.05, 3.63) is 24.3 Å². The monoisotopic (exact) mass is 277 g/mol. The van der Waals surface area contributed by atoms with Crippen molar-refractivity contribution >= 4 is 11.9 Å². The van der Waals surface area contributed by atoms with Gasteiger partial charge in [-0.3, -0.25) is 4.79 Å². The average Bonchev–Trinajstić information content (AvgIpc) is 3.28. The van der Waals surface area contributed by atoms with Crippen LogP contribution >= 0.6 is 0 Å². The molecule has 0 aromatic heterocycles. The minimum atomic E-state index is -0.835. The largest absolute Gasteiger partial charge is 0.485 e. The van der Waals surface area contributed by atoms with Crippen LogP contribution in [-0.4, -0.2) is 37.2 Å². The van der Waals surface area contributed by atoms with Gasteiger partial charge in [0.2, 0.25) is 6.10 Å². The van der Waals surface area contributed by atoms with Crippen LogP contribution < -0.4 is 14.8 Å². The van der Waals surface area contributed by atoms with Crippen LogP contribution in [0.4, 0.5) is 0 Å². The van der Waals surface area contributed by atoms with Crippen molar-refractivity contribution in [2.75, 3.05) is 13.2 Å². The van der Waals surface area contributed by atoms with Crippen molar-refractivity contribution in [1.29, 1.82) is 0 Å². The molecule has 1 aromatic carbocycles. The zero-order valence-corrected chi connectivity index (χ0v) is 10.8. The van der Waals surface area contributed by atoms with Crippen molar-refractivity contribution in [2.45, 2.75) is 25.0 Å². The molecule has 2 aliphatic rings. The van der Waals surface area contributed by atoms with Crippen LogP contribution in [0.2, 0.25) is 0 Å². The van der Waals surface area contributed by atoms with Crippen LogP contribution in [0.3, 0.4) is 0 Å². The summed E-state index contributed by atoms with van der Waals surface area (Å²) >= 11 is 0. The Labute approximate surface area is 116 Å². The highest BCUT2D eigenvalue weighted by Crippen LogP contribution is 2.31. The minimum Gasteiger partial charge on any atom is -0.485 e. The number of fused-ring (bicyclic) bond motifs is 1. The molecule has 0 spiro atoms. The van der Waals surface area contributed by atoms with Gasteiger partial charge >= 0.3 is 5.97 Å². The summed E-state index contributed by atoms with van der Waals surface area (Å²) in [5.41, 5.74) is 0. The molecule has 1 aromatic rings. The van der Waals surface area contributed by atoms with Gasteiger partial charge in [0.15, 0.2) is 18.1 Å². The number of hydrogen-bond donors (Lipinski definition) is 1. The van der Waals surface area contributed by atoms with E-state index in [4.69, 9.17) is 14.2 Å². The van der Waals surface area contributed by atoms with Gasteiger partial charge in [0.05, 0.1) is 0 Å². The Bertz CT molecular complexity index is 526. The Kier molecular flexibility index (Phi) is 3.45. The Hall–Kier alpha value is -2.24. The van der Waals surface area contributed by atoms with E-state index in [1.807, 2.05) is 6.07 Å². The Morgan fingerprint density at radius 1 is 1.25 bits per heavy atom. The Morgan fingerprint density at radius 2 is 2.00 bits per heavy atom. The predicted molar refractivity (Wildman–Crippen MR) is 68.5 cm³/mol. The second-order valence-electron chi connectivity index (χ2n) is 4.81. The molecule has 0 radical (unpaired) electrons. The number of carbonyl (C=O) groups is 2. The standard InChI is InChI=1S/C14H15NO5/c16-13(15-9-5-6-9)8-19-14(17)12-7-18-10-3-1-2-4-11(10)20-12/h1-4,9,12H,5-8H2,(H,15,16)/t12-/m1/s1. The van der Waals surface area contributed by atoms with E-state index in [0.717, 1.165) is 12.8 Å². The molecule has 106 valence electrons. The molecule has 6 nitrogen and oxygen atoms in total. The molecule has 6 heteroatoms. The number of amides is 1. The number of rotatable bonds is 4. The quantitative estimate of drug-likeness (QED) is 0.818. The lowest BCUT2D eigenvalue weighted by atomic mass is 10.2. The van der Waals surface area contributed by atoms with E-state index in [2.05, 4.69) is 5.32 Å². The third-order valence-corrected chi connectivity index (χ3v) is 3.06. The van der Waals surface area contributed by atoms with Crippen LogP contribution in [0.25, 0.3) is 0 Å². The minimum absolute atomic E-state index is 0.0834. The van der Waals surface area contributed by atoms with Crippen molar-refractivity contribution < 1.29 is 23.8 Å². The van der Waals surface area contributed by atoms with E-state index in [-0.39, 0.29) is 25.2 Å². The second-order valence-corrected chi connectivity index (χ2v) is 4.81. The molecular formula is C14H15NO5. The summed E-state index contributed by atoms with van der Waals surface area (Å²) in [6, 6.07) is 7.35. The van der Waals surface area contributed by atoms with E-state index in [1.165, 1.54) is 0 Å². The first-order chi connectivity index (χ1) is 9.72. The van der Waals surface area contributed by atoms with E-state index >= 15 is 0 Å². The summed E-state index contributed by atoms with van der Waals surface area (Å²) in [6.07, 6.45) is 1.16. The van der Waals surface area contributed by atoms with Crippen molar-refractivity contribution in [2.24, 2.45) is 0 Å². The van der Waals surface area contributed by atoms with Gasteiger partial charge in [0.1, 0.15) is 6.61 Å². The zero-order chi connectivity index (χ0) is 13.9. The summed E-state index contributed by atoms with van der Waals surface area (Å²) in [7, 11) is 0. The fraction of sp³-hybridized carbons (Fsp3) is 0.429. The lowest BCUT2D eigenvalue weighted by Crippen LogP contribution is -2.40. The number of carbonyl (C=O) groups excluding carboxylic acids is 2. The van der Waals surface area contributed by atoms with E-state index < -0.39 is 12.1 Å². The van der Waals surface area contributed by atoms with E-state index in [9.17, 15) is 9.59 Å². The smallest absolute Gasteiger partial charge is 0.351 e. The maximum Gasteiger partial charge on any atom is 0.351 e. The summed E-state index contributed by atoms with van der Waals surface area (Å²) < 4.78 is 15.8. The second kappa shape index (κ2) is 5.40. The first kappa shape index (κ1) is 12.8. The van der Waals surface area contributed by atoms with Crippen molar-refractivity contribution in [3.63, 3.8) is 0 Å².